The van der Waals surface area contributed by atoms with Gasteiger partial charge in [-0.1, -0.05) is 0 Å². The third-order valence-electron chi connectivity index (χ3n) is 4.01. The predicted octanol–water partition coefficient (Wildman–Crippen LogP) is 0.633. The fourth-order valence-electron chi connectivity index (χ4n) is 2.81. The van der Waals surface area contributed by atoms with E-state index in [0.717, 1.165) is 50.3 Å². The third kappa shape index (κ3) is 4.18. The van der Waals surface area contributed by atoms with Crippen molar-refractivity contribution in [3.8, 4) is 0 Å². The molecule has 0 aliphatic carbocycles. The molecule has 2 amide bonds. The van der Waals surface area contributed by atoms with Gasteiger partial charge in [-0.05, 0) is 25.7 Å². The highest BCUT2D eigenvalue weighted by molar-refractivity contribution is 7.85. The lowest BCUT2D eigenvalue weighted by Gasteiger charge is -2.36. The first-order chi connectivity index (χ1) is 9.06. The molecule has 2 rings (SSSR count). The molecule has 1 N–H and O–H groups in total. The van der Waals surface area contributed by atoms with Crippen molar-refractivity contribution in [1.29, 1.82) is 0 Å². The van der Waals surface area contributed by atoms with Crippen LogP contribution in [0.5, 0.6) is 0 Å². The van der Waals surface area contributed by atoms with E-state index in [0.29, 0.717) is 12.1 Å². The van der Waals surface area contributed by atoms with Gasteiger partial charge in [-0.25, -0.2) is 4.79 Å². The number of urea groups is 1. The second-order valence-corrected chi connectivity index (χ2v) is 7.42. The maximum Gasteiger partial charge on any atom is 0.319 e. The predicted molar refractivity (Wildman–Crippen MR) is 77.7 cm³/mol. The van der Waals surface area contributed by atoms with E-state index in [4.69, 9.17) is 0 Å². The van der Waals surface area contributed by atoms with E-state index >= 15 is 0 Å². The minimum absolute atomic E-state index is 0.117. The summed E-state index contributed by atoms with van der Waals surface area (Å²) in [6.45, 7) is 1.68. The number of likely N-dealkylation sites (tertiary alicyclic amines) is 1. The number of carbonyl (C=O) groups is 1. The Bertz CT molecular complexity index is 331. The molecular weight excluding hydrogens is 262 g/mol. The van der Waals surface area contributed by atoms with E-state index in [9.17, 15) is 9.00 Å². The summed E-state index contributed by atoms with van der Waals surface area (Å²) in [5, 5.41) is 3.68. The molecule has 110 valence electrons. The van der Waals surface area contributed by atoms with Gasteiger partial charge in [-0.2, -0.15) is 0 Å². The monoisotopic (exact) mass is 287 g/mol. The van der Waals surface area contributed by atoms with Crippen LogP contribution >= 0.6 is 0 Å². The summed E-state index contributed by atoms with van der Waals surface area (Å²) in [4.78, 5) is 15.4. The van der Waals surface area contributed by atoms with E-state index in [-0.39, 0.29) is 6.03 Å². The second kappa shape index (κ2) is 6.70. The third-order valence-corrected chi connectivity index (χ3v) is 5.39. The minimum Gasteiger partial charge on any atom is -0.331 e. The molecule has 2 aliphatic heterocycles. The normalized spacial score (nSPS) is 29.3. The highest BCUT2D eigenvalue weighted by Gasteiger charge is 2.26. The quantitative estimate of drug-likeness (QED) is 0.810. The van der Waals surface area contributed by atoms with E-state index < -0.39 is 10.8 Å². The first-order valence-corrected chi connectivity index (χ1v) is 8.62. The smallest absolute Gasteiger partial charge is 0.319 e. The highest BCUT2D eigenvalue weighted by atomic mass is 32.2. The van der Waals surface area contributed by atoms with Crippen LogP contribution in [0.25, 0.3) is 0 Å². The zero-order chi connectivity index (χ0) is 13.8. The molecule has 0 unspecified atom stereocenters. The van der Waals surface area contributed by atoms with Crippen molar-refractivity contribution in [1.82, 2.24) is 15.1 Å². The van der Waals surface area contributed by atoms with Crippen molar-refractivity contribution in [2.24, 2.45) is 0 Å². The molecule has 2 heterocycles. The van der Waals surface area contributed by atoms with Gasteiger partial charge in [0.15, 0.2) is 0 Å². The van der Waals surface area contributed by atoms with Gasteiger partial charge < -0.3 is 15.1 Å². The van der Waals surface area contributed by atoms with Crippen LogP contribution in [-0.4, -0.2) is 70.8 Å². The molecule has 0 aromatic carbocycles. The molecule has 19 heavy (non-hydrogen) atoms. The topological polar surface area (TPSA) is 52.7 Å². The van der Waals surface area contributed by atoms with Crippen molar-refractivity contribution in [2.45, 2.75) is 37.8 Å². The SMILES string of the molecule is CN(C)C(=O)N1CCC(NC2CCS(=O)CC2)CC1. The molecule has 2 aliphatic rings. The fourth-order valence-corrected chi connectivity index (χ4v) is 4.11. The number of nitrogens with one attached hydrogen (secondary N) is 1. The van der Waals surface area contributed by atoms with Gasteiger partial charge in [-0.15, -0.1) is 0 Å². The number of piperidine rings is 1. The van der Waals surface area contributed by atoms with Gasteiger partial charge in [0.05, 0.1) is 0 Å². The Hall–Kier alpha value is -0.620. The van der Waals surface area contributed by atoms with Crippen LogP contribution in [0.2, 0.25) is 0 Å². The molecule has 0 bridgehead atoms. The van der Waals surface area contributed by atoms with Gasteiger partial charge in [0, 0.05) is 61.6 Å². The first-order valence-electron chi connectivity index (χ1n) is 7.13. The molecular formula is C13H25N3O2S. The van der Waals surface area contributed by atoms with Gasteiger partial charge >= 0.3 is 6.03 Å². The van der Waals surface area contributed by atoms with Gasteiger partial charge in [-0.3, -0.25) is 4.21 Å². The van der Waals surface area contributed by atoms with Crippen LogP contribution in [0.1, 0.15) is 25.7 Å². The summed E-state index contributed by atoms with van der Waals surface area (Å²) < 4.78 is 11.3. The maximum atomic E-state index is 11.8. The fraction of sp³-hybridized carbons (Fsp3) is 0.923. The summed E-state index contributed by atoms with van der Waals surface area (Å²) in [5.74, 6) is 1.69. The van der Waals surface area contributed by atoms with Crippen LogP contribution in [0.15, 0.2) is 0 Å². The van der Waals surface area contributed by atoms with E-state index in [2.05, 4.69) is 5.32 Å². The van der Waals surface area contributed by atoms with Gasteiger partial charge in [0.25, 0.3) is 0 Å². The summed E-state index contributed by atoms with van der Waals surface area (Å²) in [5.41, 5.74) is 0. The Morgan fingerprint density at radius 1 is 1.11 bits per heavy atom. The number of nitrogens with zero attached hydrogens (tertiary/aromatic N) is 2. The Labute approximate surface area is 118 Å². The Balaban J connectivity index is 1.71. The van der Waals surface area contributed by atoms with E-state index in [1.165, 1.54) is 0 Å². The lowest BCUT2D eigenvalue weighted by atomic mass is 10.0. The van der Waals surface area contributed by atoms with E-state index in [1.807, 2.05) is 4.90 Å². The van der Waals surface area contributed by atoms with Crippen LogP contribution < -0.4 is 5.32 Å². The highest BCUT2D eigenvalue weighted by Crippen LogP contribution is 2.16. The second-order valence-electron chi connectivity index (χ2n) is 5.73. The lowest BCUT2D eigenvalue weighted by molar-refractivity contribution is 0.150. The van der Waals surface area contributed by atoms with E-state index in [1.54, 1.807) is 19.0 Å². The van der Waals surface area contributed by atoms with Gasteiger partial charge in [0.2, 0.25) is 0 Å². The maximum absolute atomic E-state index is 11.8. The standard InChI is InChI=1S/C13H25N3O2S/c1-15(2)13(17)16-7-3-11(4-8-16)14-12-5-9-19(18)10-6-12/h11-12,14H,3-10H2,1-2H3. The van der Waals surface area contributed by atoms with Crippen LogP contribution in [0.3, 0.4) is 0 Å². The Morgan fingerprint density at radius 3 is 2.16 bits per heavy atom. The number of amides is 2. The Morgan fingerprint density at radius 2 is 1.63 bits per heavy atom. The number of rotatable bonds is 2. The zero-order valence-electron chi connectivity index (χ0n) is 11.9. The van der Waals surface area contributed by atoms with Crippen LogP contribution in [-0.2, 0) is 10.8 Å². The molecule has 2 fully saturated rings. The molecule has 0 aromatic rings. The summed E-state index contributed by atoms with van der Waals surface area (Å²) in [7, 11) is 3.02. The van der Waals surface area contributed by atoms with Crippen LogP contribution in [0, 0.1) is 0 Å². The average Bonchev–Trinajstić information content (AvgIpc) is 2.41. The molecule has 0 saturated carbocycles. The zero-order valence-corrected chi connectivity index (χ0v) is 12.7. The molecule has 0 radical (unpaired) electrons. The summed E-state index contributed by atoms with van der Waals surface area (Å²) in [6.07, 6.45) is 4.12. The van der Waals surface area contributed by atoms with Crippen molar-refractivity contribution >= 4 is 16.8 Å². The van der Waals surface area contributed by atoms with Crippen molar-refractivity contribution in [3.63, 3.8) is 0 Å². The number of carbonyl (C=O) groups excluding carboxylic acids is 1. The largest absolute Gasteiger partial charge is 0.331 e. The van der Waals surface area contributed by atoms with Crippen molar-refractivity contribution in [3.05, 3.63) is 0 Å². The van der Waals surface area contributed by atoms with Gasteiger partial charge in [0.1, 0.15) is 0 Å². The first kappa shape index (κ1) is 14.8. The minimum atomic E-state index is -0.583. The van der Waals surface area contributed by atoms with Crippen molar-refractivity contribution in [2.75, 3.05) is 38.7 Å². The average molecular weight is 287 g/mol. The Kier molecular flexibility index (Phi) is 5.21. The number of hydrogen-bond donors (Lipinski definition) is 1. The van der Waals surface area contributed by atoms with Crippen molar-refractivity contribution < 1.29 is 9.00 Å². The molecule has 6 heteroatoms. The number of hydrogen-bond acceptors (Lipinski definition) is 3. The molecule has 0 atom stereocenters. The molecule has 2 saturated heterocycles. The summed E-state index contributed by atoms with van der Waals surface area (Å²) in [6, 6.07) is 1.16. The molecule has 0 spiro atoms. The molecule has 0 aromatic heterocycles. The van der Waals surface area contributed by atoms with Crippen LogP contribution in [0.4, 0.5) is 4.79 Å². The summed E-state index contributed by atoms with van der Waals surface area (Å²) >= 11 is 0. The molecule has 5 nitrogen and oxygen atoms in total. The lowest BCUT2D eigenvalue weighted by Crippen LogP contribution is -2.50.